The van der Waals surface area contributed by atoms with Gasteiger partial charge in [0.15, 0.2) is 5.13 Å². The lowest BCUT2D eigenvalue weighted by atomic mass is 9.85. The van der Waals surface area contributed by atoms with Gasteiger partial charge in [-0.15, -0.1) is 11.3 Å². The van der Waals surface area contributed by atoms with E-state index in [9.17, 15) is 9.59 Å². The lowest BCUT2D eigenvalue weighted by Crippen LogP contribution is -2.55. The van der Waals surface area contributed by atoms with Gasteiger partial charge in [0.25, 0.3) is 0 Å². The molecule has 1 heterocycles. The van der Waals surface area contributed by atoms with Gasteiger partial charge in [0, 0.05) is 23.5 Å². The molecule has 2 amide bonds. The summed E-state index contributed by atoms with van der Waals surface area (Å²) in [5, 5.41) is 15.7. The maximum atomic E-state index is 12.3. The number of carbonyl (C=O) groups is 2. The molecule has 0 bridgehead atoms. The van der Waals surface area contributed by atoms with Crippen molar-refractivity contribution >= 4 is 28.5 Å². The number of amides is 2. The van der Waals surface area contributed by atoms with Gasteiger partial charge < -0.3 is 10.4 Å². The SMILES string of the molecule is O=C(O)CN(CC1CC1)C1CC(NC(=O)Nc2nc3c(s2)CCCCC3)C1. The normalized spacial score (nSPS) is 24.6. The number of urea groups is 1. The number of hydrogen-bond acceptors (Lipinski definition) is 5. The van der Waals surface area contributed by atoms with Gasteiger partial charge in [-0.2, -0.15) is 0 Å². The number of hydrogen-bond donors (Lipinski definition) is 3. The fourth-order valence-corrected chi connectivity index (χ4v) is 5.10. The van der Waals surface area contributed by atoms with Crippen LogP contribution in [0.2, 0.25) is 0 Å². The average molecular weight is 393 g/mol. The predicted molar refractivity (Wildman–Crippen MR) is 104 cm³/mol. The van der Waals surface area contributed by atoms with Crippen LogP contribution in [0.15, 0.2) is 0 Å². The smallest absolute Gasteiger partial charge is 0.321 e. The number of anilines is 1. The number of nitrogens with zero attached hydrogens (tertiary/aromatic N) is 2. The van der Waals surface area contributed by atoms with E-state index in [0.717, 1.165) is 37.9 Å². The first-order chi connectivity index (χ1) is 13.1. The summed E-state index contributed by atoms with van der Waals surface area (Å²) in [5.74, 6) is -0.104. The maximum absolute atomic E-state index is 12.3. The zero-order valence-electron chi connectivity index (χ0n) is 15.6. The molecule has 148 valence electrons. The topological polar surface area (TPSA) is 94.6 Å². The van der Waals surface area contributed by atoms with Crippen molar-refractivity contribution in [3.05, 3.63) is 10.6 Å². The van der Waals surface area contributed by atoms with Crippen LogP contribution in [-0.4, -0.2) is 52.2 Å². The van der Waals surface area contributed by atoms with Gasteiger partial charge in [-0.25, -0.2) is 9.78 Å². The molecule has 1 aromatic rings. The highest BCUT2D eigenvalue weighted by atomic mass is 32.1. The summed E-state index contributed by atoms with van der Waals surface area (Å²) < 4.78 is 0. The molecule has 2 saturated carbocycles. The third-order valence-corrected chi connectivity index (χ3v) is 6.88. The third-order valence-electron chi connectivity index (χ3n) is 5.81. The first kappa shape index (κ1) is 18.7. The molecule has 0 spiro atoms. The molecule has 8 heteroatoms. The van der Waals surface area contributed by atoms with E-state index in [0.29, 0.717) is 11.0 Å². The number of thiazole rings is 1. The van der Waals surface area contributed by atoms with Crippen LogP contribution in [0, 0.1) is 5.92 Å². The van der Waals surface area contributed by atoms with Crippen LogP contribution in [0.1, 0.15) is 55.5 Å². The molecule has 0 aromatic carbocycles. The zero-order chi connectivity index (χ0) is 18.8. The summed E-state index contributed by atoms with van der Waals surface area (Å²) >= 11 is 1.60. The standard InChI is InChI=1S/C19H28N4O3S/c24-17(25)11-23(10-12-6-7-12)14-8-13(9-14)20-18(26)22-19-21-15-4-2-1-3-5-16(15)27-19/h12-14H,1-11H2,(H,24,25)(H2,20,21,22,26). The van der Waals surface area contributed by atoms with E-state index in [1.165, 1.54) is 37.0 Å². The van der Waals surface area contributed by atoms with Gasteiger partial charge in [0.05, 0.1) is 12.2 Å². The number of carboxylic acid groups (broad SMARTS) is 1. The lowest BCUT2D eigenvalue weighted by Gasteiger charge is -2.42. The molecular formula is C19H28N4O3S. The molecule has 0 radical (unpaired) electrons. The van der Waals surface area contributed by atoms with Crippen molar-refractivity contribution in [1.82, 2.24) is 15.2 Å². The molecule has 0 aliphatic heterocycles. The van der Waals surface area contributed by atoms with Crippen LogP contribution in [0.5, 0.6) is 0 Å². The van der Waals surface area contributed by atoms with E-state index < -0.39 is 5.97 Å². The van der Waals surface area contributed by atoms with Crippen LogP contribution in [-0.2, 0) is 17.6 Å². The second kappa shape index (κ2) is 8.14. The first-order valence-electron chi connectivity index (χ1n) is 10.1. The van der Waals surface area contributed by atoms with Gasteiger partial charge in [-0.1, -0.05) is 6.42 Å². The van der Waals surface area contributed by atoms with Crippen molar-refractivity contribution in [2.45, 2.75) is 69.9 Å². The van der Waals surface area contributed by atoms with Gasteiger partial charge in [-0.3, -0.25) is 15.0 Å². The Balaban J connectivity index is 1.23. The van der Waals surface area contributed by atoms with Crippen LogP contribution in [0.25, 0.3) is 0 Å². The Morgan fingerprint density at radius 1 is 1.19 bits per heavy atom. The summed E-state index contributed by atoms with van der Waals surface area (Å²) in [7, 11) is 0. The molecule has 0 unspecified atom stereocenters. The summed E-state index contributed by atoms with van der Waals surface area (Å²) in [4.78, 5) is 31.4. The number of fused-ring (bicyclic) bond motifs is 1. The van der Waals surface area contributed by atoms with Gasteiger partial charge in [0.1, 0.15) is 0 Å². The van der Waals surface area contributed by atoms with Crippen molar-refractivity contribution < 1.29 is 14.7 Å². The minimum Gasteiger partial charge on any atom is -0.480 e. The highest BCUT2D eigenvalue weighted by Crippen LogP contribution is 2.34. The van der Waals surface area contributed by atoms with Crippen molar-refractivity contribution in [2.75, 3.05) is 18.4 Å². The fraction of sp³-hybridized carbons (Fsp3) is 0.737. The number of carbonyl (C=O) groups excluding carboxylic acids is 1. The van der Waals surface area contributed by atoms with E-state index >= 15 is 0 Å². The van der Waals surface area contributed by atoms with E-state index in [1.807, 2.05) is 0 Å². The quantitative estimate of drug-likeness (QED) is 0.620. The molecule has 0 saturated heterocycles. The van der Waals surface area contributed by atoms with Gasteiger partial charge in [0.2, 0.25) is 0 Å². The number of aliphatic carboxylic acids is 1. The average Bonchev–Trinajstić information content (AvgIpc) is 3.34. The molecule has 2 fully saturated rings. The van der Waals surface area contributed by atoms with Crippen LogP contribution in [0.3, 0.4) is 0 Å². The predicted octanol–water partition coefficient (Wildman–Crippen LogP) is 2.86. The fourth-order valence-electron chi connectivity index (χ4n) is 4.05. The number of rotatable bonds is 7. The number of carboxylic acids is 1. The molecule has 3 aliphatic carbocycles. The van der Waals surface area contributed by atoms with E-state index in [-0.39, 0.29) is 24.7 Å². The Hall–Kier alpha value is -1.67. The highest BCUT2D eigenvalue weighted by Gasteiger charge is 2.37. The molecule has 3 N–H and O–H groups in total. The Bertz CT molecular complexity index is 674. The Labute approximate surface area is 163 Å². The molecule has 0 atom stereocenters. The summed E-state index contributed by atoms with van der Waals surface area (Å²) in [6, 6.07) is 0.181. The van der Waals surface area contributed by atoms with Gasteiger partial charge in [-0.05, 0) is 57.3 Å². The summed E-state index contributed by atoms with van der Waals surface area (Å²) in [5.41, 5.74) is 1.15. The van der Waals surface area contributed by atoms with Crippen molar-refractivity contribution in [2.24, 2.45) is 5.92 Å². The number of nitrogens with one attached hydrogen (secondary N) is 2. The maximum Gasteiger partial charge on any atom is 0.321 e. The Kier molecular flexibility index (Phi) is 5.63. The molecule has 7 nitrogen and oxygen atoms in total. The largest absolute Gasteiger partial charge is 0.480 e. The second-order valence-corrected chi connectivity index (χ2v) is 9.22. The minimum atomic E-state index is -0.770. The van der Waals surface area contributed by atoms with Crippen LogP contribution >= 0.6 is 11.3 Å². The van der Waals surface area contributed by atoms with Crippen molar-refractivity contribution in [3.8, 4) is 0 Å². The van der Waals surface area contributed by atoms with E-state index in [4.69, 9.17) is 5.11 Å². The molecule has 4 rings (SSSR count). The molecular weight excluding hydrogens is 364 g/mol. The molecule has 3 aliphatic rings. The zero-order valence-corrected chi connectivity index (χ0v) is 16.4. The summed E-state index contributed by atoms with van der Waals surface area (Å²) in [6.45, 7) is 0.977. The third kappa shape index (κ3) is 4.99. The monoisotopic (exact) mass is 392 g/mol. The molecule has 27 heavy (non-hydrogen) atoms. The van der Waals surface area contributed by atoms with Crippen molar-refractivity contribution in [3.63, 3.8) is 0 Å². The Morgan fingerprint density at radius 3 is 2.70 bits per heavy atom. The number of aromatic nitrogens is 1. The minimum absolute atomic E-state index is 0.102. The van der Waals surface area contributed by atoms with E-state index in [1.54, 1.807) is 11.3 Å². The highest BCUT2D eigenvalue weighted by molar-refractivity contribution is 7.15. The Morgan fingerprint density at radius 2 is 1.96 bits per heavy atom. The number of aryl methyl sites for hydroxylation is 2. The molecule has 1 aromatic heterocycles. The van der Waals surface area contributed by atoms with Gasteiger partial charge >= 0.3 is 12.0 Å². The van der Waals surface area contributed by atoms with Crippen LogP contribution < -0.4 is 10.6 Å². The summed E-state index contributed by atoms with van der Waals surface area (Å²) in [6.07, 6.45) is 9.80. The van der Waals surface area contributed by atoms with Crippen LogP contribution in [0.4, 0.5) is 9.93 Å². The lowest BCUT2D eigenvalue weighted by molar-refractivity contribution is -0.139. The van der Waals surface area contributed by atoms with E-state index in [2.05, 4.69) is 20.5 Å². The first-order valence-corrected chi connectivity index (χ1v) is 10.9. The second-order valence-electron chi connectivity index (χ2n) is 8.14. The van der Waals surface area contributed by atoms with Crippen molar-refractivity contribution in [1.29, 1.82) is 0 Å².